The predicted octanol–water partition coefficient (Wildman–Crippen LogP) is 5.28. The van der Waals surface area contributed by atoms with E-state index in [1.165, 1.54) is 42.4 Å². The van der Waals surface area contributed by atoms with Crippen LogP contribution in [0.25, 0.3) is 0 Å². The first-order valence-corrected chi connectivity index (χ1v) is 8.62. The molecule has 0 saturated carbocycles. The highest BCUT2D eigenvalue weighted by Gasteiger charge is 2.15. The van der Waals surface area contributed by atoms with Crippen LogP contribution in [0.1, 0.15) is 58.8 Å². The Morgan fingerprint density at radius 3 is 2.64 bits per heavy atom. The van der Waals surface area contributed by atoms with E-state index in [-0.39, 0.29) is 11.9 Å². The van der Waals surface area contributed by atoms with Crippen LogP contribution in [0.2, 0.25) is 0 Å². The molecule has 0 bridgehead atoms. The normalized spacial score (nSPS) is 19.1. The van der Waals surface area contributed by atoms with Crippen LogP contribution in [0.3, 0.4) is 0 Å². The fourth-order valence-electron chi connectivity index (χ4n) is 3.06. The molecule has 0 aromatic rings. The highest BCUT2D eigenvalue weighted by Crippen LogP contribution is 2.30. The number of hydrogen-bond acceptors (Lipinski definition) is 2. The molecule has 2 aliphatic carbocycles. The van der Waals surface area contributed by atoms with Gasteiger partial charge in [-0.25, -0.2) is 0 Å². The second kappa shape index (κ2) is 8.77. The zero-order valence-corrected chi connectivity index (χ0v) is 13.9. The van der Waals surface area contributed by atoms with E-state index >= 15 is 0 Å². The summed E-state index contributed by atoms with van der Waals surface area (Å²) in [7, 11) is 0. The lowest BCUT2D eigenvalue weighted by Gasteiger charge is -2.18. The molecule has 0 fully saturated rings. The van der Waals surface area contributed by atoms with Gasteiger partial charge in [0.05, 0.1) is 12.5 Å². The molecule has 0 amide bonds. The van der Waals surface area contributed by atoms with Crippen molar-refractivity contribution in [3.05, 3.63) is 47.1 Å². The molecule has 0 N–H and O–H groups in total. The van der Waals surface area contributed by atoms with Crippen molar-refractivity contribution in [1.82, 2.24) is 0 Å². The second-order valence-electron chi connectivity index (χ2n) is 6.22. The maximum atomic E-state index is 11.6. The first kappa shape index (κ1) is 16.8. The molecule has 0 radical (unpaired) electrons. The number of carbonyl (C=O) groups is 1. The molecule has 22 heavy (non-hydrogen) atoms. The van der Waals surface area contributed by atoms with Crippen molar-refractivity contribution in [3.8, 4) is 0 Å². The van der Waals surface area contributed by atoms with E-state index in [9.17, 15) is 4.79 Å². The van der Waals surface area contributed by atoms with Crippen LogP contribution < -0.4 is 0 Å². The summed E-state index contributed by atoms with van der Waals surface area (Å²) < 4.78 is 5.05. The van der Waals surface area contributed by atoms with Crippen molar-refractivity contribution >= 4 is 5.97 Å². The Hall–Kier alpha value is -1.57. The number of allylic oxidation sites excluding steroid dienone is 8. The highest BCUT2D eigenvalue weighted by molar-refractivity contribution is 5.71. The molecule has 2 heteroatoms. The summed E-state index contributed by atoms with van der Waals surface area (Å²) in [5.41, 5.74) is 4.54. The van der Waals surface area contributed by atoms with E-state index in [0.29, 0.717) is 6.61 Å². The van der Waals surface area contributed by atoms with Gasteiger partial charge >= 0.3 is 5.97 Å². The summed E-state index contributed by atoms with van der Waals surface area (Å²) in [6, 6.07) is 0. The Morgan fingerprint density at radius 1 is 1.18 bits per heavy atom. The highest BCUT2D eigenvalue weighted by atomic mass is 16.5. The summed E-state index contributed by atoms with van der Waals surface area (Å²) in [4.78, 5) is 11.6. The van der Waals surface area contributed by atoms with Crippen molar-refractivity contribution in [2.75, 3.05) is 6.61 Å². The van der Waals surface area contributed by atoms with Gasteiger partial charge in [-0.05, 0) is 63.0 Å². The first-order chi connectivity index (χ1) is 10.7. The van der Waals surface area contributed by atoms with E-state index in [4.69, 9.17) is 4.74 Å². The molecule has 2 nitrogen and oxygen atoms in total. The van der Waals surface area contributed by atoms with Gasteiger partial charge in [-0.1, -0.05) is 42.9 Å². The molecule has 120 valence electrons. The molecule has 0 saturated heterocycles. The third kappa shape index (κ3) is 5.01. The summed E-state index contributed by atoms with van der Waals surface area (Å²) in [5.74, 6) is -0.0333. The van der Waals surface area contributed by atoms with Crippen molar-refractivity contribution in [1.29, 1.82) is 0 Å². The maximum Gasteiger partial charge on any atom is 0.308 e. The number of rotatable bonds is 7. The zero-order valence-electron chi connectivity index (χ0n) is 13.9. The summed E-state index contributed by atoms with van der Waals surface area (Å²) >= 11 is 0. The average molecular weight is 300 g/mol. The lowest BCUT2D eigenvalue weighted by atomic mass is 9.87. The molecule has 0 aliphatic heterocycles. The van der Waals surface area contributed by atoms with Gasteiger partial charge < -0.3 is 4.74 Å². The molecule has 0 aromatic heterocycles. The van der Waals surface area contributed by atoms with Gasteiger partial charge in [0.25, 0.3) is 0 Å². The number of ether oxygens (including phenoxy) is 1. The largest absolute Gasteiger partial charge is 0.466 e. The van der Waals surface area contributed by atoms with Crippen LogP contribution in [0, 0.1) is 5.92 Å². The third-order valence-electron chi connectivity index (χ3n) is 4.49. The van der Waals surface area contributed by atoms with E-state index in [1.807, 2.05) is 13.8 Å². The van der Waals surface area contributed by atoms with Gasteiger partial charge in [-0.2, -0.15) is 0 Å². The zero-order chi connectivity index (χ0) is 15.8. The Kier molecular flexibility index (Phi) is 6.70. The molecule has 2 rings (SSSR count). The van der Waals surface area contributed by atoms with Gasteiger partial charge in [0, 0.05) is 0 Å². The van der Waals surface area contributed by atoms with Crippen molar-refractivity contribution in [2.24, 2.45) is 5.92 Å². The lowest BCUT2D eigenvalue weighted by Crippen LogP contribution is -2.14. The molecular weight excluding hydrogens is 272 g/mol. The third-order valence-corrected chi connectivity index (χ3v) is 4.49. The number of carbonyl (C=O) groups excluding carboxylic acids is 1. The van der Waals surface area contributed by atoms with Gasteiger partial charge in [-0.3, -0.25) is 4.79 Å². The summed E-state index contributed by atoms with van der Waals surface area (Å²) in [5, 5.41) is 0. The van der Waals surface area contributed by atoms with E-state index in [2.05, 4.69) is 30.4 Å². The standard InChI is InChI=1S/C20H28O2/c1-3-22-20(21)16(2)8-7-9-17-12-14-19(15-13-17)18-10-5-4-6-11-18/h4-5,10,12,14,16H,3,6-9,11,13,15H2,1-2H3. The fraction of sp³-hybridized carbons (Fsp3) is 0.550. The summed E-state index contributed by atoms with van der Waals surface area (Å²) in [6.07, 6.45) is 19.1. The molecule has 0 heterocycles. The van der Waals surface area contributed by atoms with Gasteiger partial charge in [0.15, 0.2) is 0 Å². The van der Waals surface area contributed by atoms with E-state index in [1.54, 1.807) is 0 Å². The predicted molar refractivity (Wildman–Crippen MR) is 91.5 cm³/mol. The average Bonchev–Trinajstić information content (AvgIpc) is 2.56. The Morgan fingerprint density at radius 2 is 2.00 bits per heavy atom. The van der Waals surface area contributed by atoms with Crippen LogP contribution in [-0.4, -0.2) is 12.6 Å². The van der Waals surface area contributed by atoms with Crippen molar-refractivity contribution in [2.45, 2.75) is 58.8 Å². The van der Waals surface area contributed by atoms with Gasteiger partial charge in [-0.15, -0.1) is 0 Å². The minimum Gasteiger partial charge on any atom is -0.466 e. The Bertz CT molecular complexity index is 506. The first-order valence-electron chi connectivity index (χ1n) is 8.62. The number of hydrogen-bond donors (Lipinski definition) is 0. The monoisotopic (exact) mass is 300 g/mol. The maximum absolute atomic E-state index is 11.6. The van der Waals surface area contributed by atoms with Crippen LogP contribution in [0.5, 0.6) is 0 Å². The second-order valence-corrected chi connectivity index (χ2v) is 6.22. The SMILES string of the molecule is CCOC(=O)C(C)CCCC1=CC=C(C2=CC=CCC2)CC1. The Balaban J connectivity index is 1.77. The fourth-order valence-corrected chi connectivity index (χ4v) is 3.06. The smallest absolute Gasteiger partial charge is 0.308 e. The molecular formula is C20H28O2. The van der Waals surface area contributed by atoms with Crippen LogP contribution in [0.15, 0.2) is 47.1 Å². The lowest BCUT2D eigenvalue weighted by molar-refractivity contribution is -0.147. The van der Waals surface area contributed by atoms with Gasteiger partial charge in [0.1, 0.15) is 0 Å². The van der Waals surface area contributed by atoms with Crippen LogP contribution in [0.4, 0.5) is 0 Å². The molecule has 1 atom stereocenters. The number of esters is 1. The molecule has 0 aromatic carbocycles. The molecule has 0 spiro atoms. The van der Waals surface area contributed by atoms with Crippen LogP contribution in [-0.2, 0) is 9.53 Å². The van der Waals surface area contributed by atoms with Gasteiger partial charge in [0.2, 0.25) is 0 Å². The van der Waals surface area contributed by atoms with Crippen LogP contribution >= 0.6 is 0 Å². The molecule has 1 unspecified atom stereocenters. The van der Waals surface area contributed by atoms with E-state index in [0.717, 1.165) is 19.3 Å². The minimum absolute atomic E-state index is 0.0226. The minimum atomic E-state index is -0.0559. The Labute approximate surface area is 134 Å². The van der Waals surface area contributed by atoms with Crippen molar-refractivity contribution < 1.29 is 9.53 Å². The quantitative estimate of drug-likeness (QED) is 0.598. The van der Waals surface area contributed by atoms with E-state index < -0.39 is 0 Å². The van der Waals surface area contributed by atoms with Crippen molar-refractivity contribution in [3.63, 3.8) is 0 Å². The summed E-state index contributed by atoms with van der Waals surface area (Å²) in [6.45, 7) is 4.31. The topological polar surface area (TPSA) is 26.3 Å². The molecule has 2 aliphatic rings.